The number of fused-ring (bicyclic) bond motifs is 1. The number of halogens is 3. The second-order valence-corrected chi connectivity index (χ2v) is 14.7. The van der Waals surface area contributed by atoms with Gasteiger partial charge in [-0.3, -0.25) is 23.9 Å². The van der Waals surface area contributed by atoms with E-state index in [2.05, 4.69) is 9.97 Å². The second-order valence-electron chi connectivity index (χ2n) is 13.6. The van der Waals surface area contributed by atoms with Crippen molar-refractivity contribution in [3.05, 3.63) is 105 Å². The number of hydrogen-bond acceptors (Lipinski definition) is 7. The van der Waals surface area contributed by atoms with Crippen molar-refractivity contribution in [2.75, 3.05) is 26.2 Å². The minimum Gasteiger partial charge on any atom is -0.388 e. The first kappa shape index (κ1) is 34.6. The van der Waals surface area contributed by atoms with Gasteiger partial charge in [0.05, 0.1) is 22.4 Å². The van der Waals surface area contributed by atoms with Gasteiger partial charge in [-0.2, -0.15) is 13.2 Å². The first-order valence-electron chi connectivity index (χ1n) is 16.8. The zero-order valence-electron chi connectivity index (χ0n) is 28.1. The van der Waals surface area contributed by atoms with Crippen LogP contribution in [0.1, 0.15) is 51.7 Å². The number of thiophene rings is 1. The predicted molar refractivity (Wildman–Crippen MR) is 186 cm³/mol. The van der Waals surface area contributed by atoms with E-state index in [1.54, 1.807) is 39.6 Å². The van der Waals surface area contributed by atoms with Crippen molar-refractivity contribution in [1.29, 1.82) is 0 Å². The predicted octanol–water partition coefficient (Wildman–Crippen LogP) is 5.49. The lowest BCUT2D eigenvalue weighted by Gasteiger charge is -2.43. The Morgan fingerprint density at radius 3 is 2.49 bits per heavy atom. The summed E-state index contributed by atoms with van der Waals surface area (Å²) >= 11 is 1.15. The number of carbonyl (C=O) groups is 2. The van der Waals surface area contributed by atoms with E-state index in [0.29, 0.717) is 77.4 Å². The number of carbonyl (C=O) groups excluding carboxylic acids is 2. The summed E-state index contributed by atoms with van der Waals surface area (Å²) in [5, 5.41) is 12.0. The monoisotopic (exact) mass is 718 g/mol. The fourth-order valence-corrected chi connectivity index (χ4v) is 8.47. The molecule has 14 heteroatoms. The number of likely N-dealkylation sites (tertiary alicyclic amines) is 2. The van der Waals surface area contributed by atoms with Crippen molar-refractivity contribution in [3.63, 3.8) is 0 Å². The van der Waals surface area contributed by atoms with Crippen LogP contribution in [-0.4, -0.2) is 77.6 Å². The Morgan fingerprint density at radius 2 is 1.76 bits per heavy atom. The quantitative estimate of drug-likeness (QED) is 0.249. The number of pyridine rings is 1. The molecule has 7 rings (SSSR count). The van der Waals surface area contributed by atoms with Gasteiger partial charge in [-0.05, 0) is 67.1 Å². The molecule has 4 aromatic heterocycles. The molecule has 0 radical (unpaired) electrons. The van der Waals surface area contributed by atoms with Crippen LogP contribution in [0.25, 0.3) is 21.5 Å². The summed E-state index contributed by atoms with van der Waals surface area (Å²) in [4.78, 5) is 53.5. The molecular weight excluding hydrogens is 682 g/mol. The summed E-state index contributed by atoms with van der Waals surface area (Å²) in [6, 6.07) is 15.5. The van der Waals surface area contributed by atoms with E-state index in [4.69, 9.17) is 0 Å². The molecule has 2 aliphatic rings. The highest BCUT2D eigenvalue weighted by Crippen LogP contribution is 2.39. The number of aryl methyl sites for hydroxylation is 2. The molecule has 0 aliphatic carbocycles. The van der Waals surface area contributed by atoms with Crippen LogP contribution >= 0.6 is 11.3 Å². The molecule has 2 atom stereocenters. The number of benzene rings is 1. The third-order valence-corrected chi connectivity index (χ3v) is 11.5. The molecule has 1 aromatic carbocycles. The standard InChI is InChI=1S/C37H37F3N6O4S/c1-23-18-29(25-8-13-41-30(19-25)37(38,39)40)51-31(23)35(49)45-15-10-26(28(20-45)24-6-4-3-5-7-24)33(47)44-16-11-36(50,12-17-44)21-46-22-42-32-27(34(46)48)9-14-43(32)2/h3-9,13-14,18-19,22,26,28,50H,10-12,15-17,20-21H2,1-2H3/t26-,28+/m1/s1. The van der Waals surface area contributed by atoms with Crippen molar-refractivity contribution in [2.24, 2.45) is 13.0 Å². The SMILES string of the molecule is Cc1cc(-c2ccnc(C(F)(F)F)c2)sc1C(=O)N1CC[C@@H](C(=O)N2CCC(O)(Cn3cnc4c(ccn4C)c3=O)CC2)[C@H](c2ccccc2)C1. The molecule has 0 bridgehead atoms. The number of amides is 2. The van der Waals surface area contributed by atoms with Crippen LogP contribution in [0.15, 0.2) is 78.1 Å². The summed E-state index contributed by atoms with van der Waals surface area (Å²) in [5.74, 6) is -0.932. The third kappa shape index (κ3) is 6.81. The highest BCUT2D eigenvalue weighted by molar-refractivity contribution is 7.17. The molecule has 266 valence electrons. The fourth-order valence-electron chi connectivity index (χ4n) is 7.34. The summed E-state index contributed by atoms with van der Waals surface area (Å²) in [5.41, 5.74) is 0.126. The molecule has 5 aromatic rings. The molecule has 2 saturated heterocycles. The van der Waals surface area contributed by atoms with Crippen molar-refractivity contribution >= 4 is 34.2 Å². The van der Waals surface area contributed by atoms with Crippen LogP contribution in [0.3, 0.4) is 0 Å². The Morgan fingerprint density at radius 1 is 1.02 bits per heavy atom. The molecular formula is C37H37F3N6O4S. The number of aromatic nitrogens is 4. The van der Waals surface area contributed by atoms with Crippen LogP contribution in [-0.2, 0) is 24.6 Å². The molecule has 51 heavy (non-hydrogen) atoms. The maximum absolute atomic E-state index is 14.2. The van der Waals surface area contributed by atoms with Gasteiger partial charge in [0.1, 0.15) is 17.7 Å². The van der Waals surface area contributed by atoms with Crippen LogP contribution in [0.4, 0.5) is 13.2 Å². The van der Waals surface area contributed by atoms with E-state index in [-0.39, 0.29) is 29.8 Å². The van der Waals surface area contributed by atoms with Crippen molar-refractivity contribution in [2.45, 2.75) is 50.4 Å². The van der Waals surface area contributed by atoms with E-state index in [9.17, 15) is 32.7 Å². The molecule has 6 heterocycles. The third-order valence-electron chi connectivity index (χ3n) is 10.2. The normalized spacial score (nSPS) is 19.4. The van der Waals surface area contributed by atoms with Gasteiger partial charge < -0.3 is 19.5 Å². The van der Waals surface area contributed by atoms with Gasteiger partial charge in [-0.25, -0.2) is 4.98 Å². The Labute approximate surface area is 295 Å². The number of alkyl halides is 3. The van der Waals surface area contributed by atoms with Crippen LogP contribution in [0.2, 0.25) is 0 Å². The molecule has 2 fully saturated rings. The Bertz CT molecular complexity index is 2150. The summed E-state index contributed by atoms with van der Waals surface area (Å²) in [6.07, 6.45) is 0.794. The highest BCUT2D eigenvalue weighted by atomic mass is 32.1. The summed E-state index contributed by atoms with van der Waals surface area (Å²) in [6.45, 7) is 3.15. The number of rotatable bonds is 6. The Kier molecular flexibility index (Phi) is 9.08. The highest BCUT2D eigenvalue weighted by Gasteiger charge is 2.42. The van der Waals surface area contributed by atoms with Gasteiger partial charge in [0.25, 0.3) is 11.5 Å². The summed E-state index contributed by atoms with van der Waals surface area (Å²) < 4.78 is 43.2. The first-order valence-corrected chi connectivity index (χ1v) is 17.6. The van der Waals surface area contributed by atoms with Crippen LogP contribution in [0, 0.1) is 12.8 Å². The van der Waals surface area contributed by atoms with Crippen molar-refractivity contribution < 1.29 is 27.9 Å². The maximum Gasteiger partial charge on any atom is 0.433 e. The molecule has 1 N–H and O–H groups in total. The van der Waals surface area contributed by atoms with Crippen LogP contribution in [0.5, 0.6) is 0 Å². The van der Waals surface area contributed by atoms with E-state index >= 15 is 0 Å². The number of piperidine rings is 2. The largest absolute Gasteiger partial charge is 0.433 e. The molecule has 2 aliphatic heterocycles. The molecule has 10 nitrogen and oxygen atoms in total. The molecule has 0 unspecified atom stereocenters. The van der Waals surface area contributed by atoms with Gasteiger partial charge in [-0.15, -0.1) is 11.3 Å². The van der Waals surface area contributed by atoms with Gasteiger partial charge >= 0.3 is 6.18 Å². The summed E-state index contributed by atoms with van der Waals surface area (Å²) in [7, 11) is 1.81. The van der Waals surface area contributed by atoms with E-state index in [0.717, 1.165) is 29.2 Å². The molecule has 0 saturated carbocycles. The number of nitrogens with zero attached hydrogens (tertiary/aromatic N) is 6. The average molecular weight is 719 g/mol. The van der Waals surface area contributed by atoms with Gasteiger partial charge in [-0.1, -0.05) is 30.3 Å². The maximum atomic E-state index is 14.2. The minimum absolute atomic E-state index is 0.0321. The first-order chi connectivity index (χ1) is 24.3. The topological polar surface area (TPSA) is 114 Å². The second kappa shape index (κ2) is 13.4. The van der Waals surface area contributed by atoms with Gasteiger partial charge in [0.2, 0.25) is 5.91 Å². The van der Waals surface area contributed by atoms with Gasteiger partial charge in [0, 0.05) is 62.3 Å². The van der Waals surface area contributed by atoms with E-state index in [1.165, 1.54) is 17.0 Å². The smallest absolute Gasteiger partial charge is 0.388 e. The van der Waals surface area contributed by atoms with Crippen molar-refractivity contribution in [1.82, 2.24) is 28.9 Å². The number of aliphatic hydroxyl groups is 1. The zero-order chi connectivity index (χ0) is 36.1. The lowest BCUT2D eigenvalue weighted by Crippen LogP contribution is -2.53. The molecule has 0 spiro atoms. The van der Waals surface area contributed by atoms with Crippen LogP contribution < -0.4 is 5.56 Å². The van der Waals surface area contributed by atoms with E-state index < -0.39 is 23.4 Å². The number of hydrogen-bond donors (Lipinski definition) is 1. The molecule has 2 amide bonds. The van der Waals surface area contributed by atoms with E-state index in [1.807, 2.05) is 37.4 Å². The zero-order valence-corrected chi connectivity index (χ0v) is 29.0. The lowest BCUT2D eigenvalue weighted by molar-refractivity contribution is -0.142. The lowest BCUT2D eigenvalue weighted by atomic mass is 9.79. The average Bonchev–Trinajstić information content (AvgIpc) is 3.71. The fraction of sp³-hybridized carbons (Fsp3) is 0.378. The van der Waals surface area contributed by atoms with Crippen molar-refractivity contribution in [3.8, 4) is 10.4 Å². The Hall–Kier alpha value is -4.82. The Balaban J connectivity index is 1.05. The minimum atomic E-state index is -4.58. The van der Waals surface area contributed by atoms with Gasteiger partial charge in [0.15, 0.2) is 0 Å².